The van der Waals surface area contributed by atoms with E-state index in [0.29, 0.717) is 16.7 Å². The van der Waals surface area contributed by atoms with E-state index >= 15 is 0 Å². The molecule has 8 heteroatoms. The molecule has 1 N–H and O–H groups in total. The summed E-state index contributed by atoms with van der Waals surface area (Å²) in [5, 5.41) is 9.94. The van der Waals surface area contributed by atoms with Crippen LogP contribution in [0.25, 0.3) is 0 Å². The van der Waals surface area contributed by atoms with Gasteiger partial charge in [-0.05, 0) is 54.4 Å². The Morgan fingerprint density at radius 1 is 1.00 bits per heavy atom. The van der Waals surface area contributed by atoms with Gasteiger partial charge in [-0.3, -0.25) is 0 Å². The zero-order valence-corrected chi connectivity index (χ0v) is 16.1. The predicted molar refractivity (Wildman–Crippen MR) is 88.8 cm³/mol. The van der Waals surface area contributed by atoms with Crippen molar-refractivity contribution in [2.45, 2.75) is 71.6 Å². The van der Waals surface area contributed by atoms with E-state index < -0.39 is 35.4 Å². The zero-order valence-electron chi connectivity index (χ0n) is 14.5. The highest BCUT2D eigenvalue weighted by Gasteiger charge is 2.39. The Morgan fingerprint density at radius 3 is 1.65 bits per heavy atom. The summed E-state index contributed by atoms with van der Waals surface area (Å²) in [5.41, 5.74) is -1.73. The molecule has 23 heavy (non-hydrogen) atoms. The fourth-order valence-corrected chi connectivity index (χ4v) is 1.91. The number of imide groups is 1. The van der Waals surface area contributed by atoms with Crippen LogP contribution in [0.1, 0.15) is 54.4 Å². The van der Waals surface area contributed by atoms with Gasteiger partial charge in [0, 0.05) is 5.33 Å². The van der Waals surface area contributed by atoms with Crippen LogP contribution in [0, 0.1) is 0 Å². The van der Waals surface area contributed by atoms with E-state index in [2.05, 4.69) is 15.9 Å². The van der Waals surface area contributed by atoms with Crippen molar-refractivity contribution in [2.75, 3.05) is 5.33 Å². The molecule has 7 nitrogen and oxygen atoms in total. The van der Waals surface area contributed by atoms with Crippen molar-refractivity contribution in [3.8, 4) is 0 Å². The molecule has 1 unspecified atom stereocenters. The van der Waals surface area contributed by atoms with Crippen LogP contribution < -0.4 is 0 Å². The number of carboxylic acids is 1. The molecular weight excluding hydrogens is 370 g/mol. The average Bonchev–Trinajstić information content (AvgIpc) is 2.28. The lowest BCUT2D eigenvalue weighted by atomic mass is 10.1. The van der Waals surface area contributed by atoms with Gasteiger partial charge in [0.25, 0.3) is 0 Å². The molecule has 0 aliphatic rings. The van der Waals surface area contributed by atoms with Crippen LogP contribution in [0.5, 0.6) is 0 Å². The van der Waals surface area contributed by atoms with Gasteiger partial charge in [0.15, 0.2) is 0 Å². The highest BCUT2D eigenvalue weighted by Crippen LogP contribution is 2.19. The molecule has 0 radical (unpaired) electrons. The molecular formula is C15H26BrNO6. The van der Waals surface area contributed by atoms with E-state index in [-0.39, 0.29) is 6.42 Å². The Morgan fingerprint density at radius 2 is 1.39 bits per heavy atom. The van der Waals surface area contributed by atoms with Gasteiger partial charge in [0.2, 0.25) is 0 Å². The first-order valence-electron chi connectivity index (χ1n) is 7.32. The number of carbonyl (C=O) groups excluding carboxylic acids is 2. The van der Waals surface area contributed by atoms with E-state index in [0.717, 1.165) is 0 Å². The predicted octanol–water partition coefficient (Wildman–Crippen LogP) is 3.79. The number of amides is 2. The maximum atomic E-state index is 12.3. The lowest BCUT2D eigenvalue weighted by Gasteiger charge is -2.31. The summed E-state index contributed by atoms with van der Waals surface area (Å²) < 4.78 is 10.3. The third kappa shape index (κ3) is 8.78. The van der Waals surface area contributed by atoms with Gasteiger partial charge in [0.05, 0.1) is 0 Å². The number of carbonyl (C=O) groups is 3. The highest BCUT2D eigenvalue weighted by molar-refractivity contribution is 9.09. The fraction of sp³-hybridized carbons (Fsp3) is 0.800. The summed E-state index contributed by atoms with van der Waals surface area (Å²) in [6, 6.07) is -1.35. The average molecular weight is 396 g/mol. The van der Waals surface area contributed by atoms with Gasteiger partial charge in [-0.2, -0.15) is 4.90 Å². The molecule has 0 heterocycles. The molecule has 0 fully saturated rings. The number of nitrogens with zero attached hydrogens (tertiary/aromatic N) is 1. The Hall–Kier alpha value is -1.31. The summed E-state index contributed by atoms with van der Waals surface area (Å²) in [6.45, 7) is 9.79. The minimum absolute atomic E-state index is 0.0963. The maximum absolute atomic E-state index is 12.3. The molecule has 0 saturated carbocycles. The lowest BCUT2D eigenvalue weighted by Crippen LogP contribution is -2.52. The van der Waals surface area contributed by atoms with Gasteiger partial charge in [-0.15, -0.1) is 0 Å². The minimum atomic E-state index is -1.35. The fourth-order valence-electron chi connectivity index (χ4n) is 1.58. The van der Waals surface area contributed by atoms with Gasteiger partial charge in [0.1, 0.15) is 17.2 Å². The molecule has 0 aliphatic carbocycles. The number of hydrogen-bond acceptors (Lipinski definition) is 5. The highest BCUT2D eigenvalue weighted by atomic mass is 79.9. The SMILES string of the molecule is CC(C)(C)OC(=O)N(C(=O)OC(C)(C)C)C(CCCBr)C(=O)O. The standard InChI is InChI=1S/C15H26BrNO6/c1-14(2,3)22-12(20)17(13(21)23-15(4,5)6)10(11(18)19)8-7-9-16/h10H,7-9H2,1-6H3,(H,18,19). The third-order valence-electron chi connectivity index (χ3n) is 2.39. The van der Waals surface area contributed by atoms with Crippen molar-refractivity contribution in [2.24, 2.45) is 0 Å². The van der Waals surface area contributed by atoms with Crippen molar-refractivity contribution >= 4 is 34.1 Å². The van der Waals surface area contributed by atoms with Crippen molar-refractivity contribution in [1.82, 2.24) is 4.90 Å². The molecule has 2 amide bonds. The maximum Gasteiger partial charge on any atom is 0.420 e. The normalized spacial score (nSPS) is 13.2. The van der Waals surface area contributed by atoms with Crippen LogP contribution in [-0.2, 0) is 14.3 Å². The Bertz CT molecular complexity index is 410. The van der Waals surface area contributed by atoms with Crippen LogP contribution in [0.4, 0.5) is 9.59 Å². The molecule has 0 aromatic heterocycles. The van der Waals surface area contributed by atoms with E-state index in [1.807, 2.05) is 0 Å². The van der Waals surface area contributed by atoms with Crippen LogP contribution >= 0.6 is 15.9 Å². The molecule has 0 aromatic rings. The monoisotopic (exact) mass is 395 g/mol. The zero-order chi connectivity index (χ0) is 18.4. The number of ether oxygens (including phenoxy) is 2. The Balaban J connectivity index is 5.53. The van der Waals surface area contributed by atoms with Gasteiger partial charge in [-0.25, -0.2) is 14.4 Å². The number of hydrogen-bond donors (Lipinski definition) is 1. The summed E-state index contributed by atoms with van der Waals surface area (Å²) in [6.07, 6.45) is -1.50. The summed E-state index contributed by atoms with van der Waals surface area (Å²) in [4.78, 5) is 36.7. The number of carboxylic acid groups (broad SMARTS) is 1. The van der Waals surface area contributed by atoms with Crippen LogP contribution in [0.15, 0.2) is 0 Å². The second kappa shape index (κ2) is 8.52. The van der Waals surface area contributed by atoms with Crippen molar-refractivity contribution in [3.05, 3.63) is 0 Å². The summed E-state index contributed by atoms with van der Waals surface area (Å²) in [7, 11) is 0. The third-order valence-corrected chi connectivity index (χ3v) is 2.95. The molecule has 0 rings (SSSR count). The molecule has 0 saturated heterocycles. The number of alkyl halides is 1. The van der Waals surface area contributed by atoms with Crippen molar-refractivity contribution in [3.63, 3.8) is 0 Å². The van der Waals surface area contributed by atoms with Crippen molar-refractivity contribution < 1.29 is 29.0 Å². The van der Waals surface area contributed by atoms with Crippen LogP contribution in [0.3, 0.4) is 0 Å². The first-order chi connectivity index (χ1) is 10.3. The molecule has 134 valence electrons. The van der Waals surface area contributed by atoms with Crippen molar-refractivity contribution in [1.29, 1.82) is 0 Å². The Labute approximate surface area is 145 Å². The summed E-state index contributed by atoms with van der Waals surface area (Å²) >= 11 is 3.20. The number of halogens is 1. The van der Waals surface area contributed by atoms with Crippen LogP contribution in [-0.4, -0.2) is 50.7 Å². The molecule has 0 aromatic carbocycles. The molecule has 1 atom stereocenters. The smallest absolute Gasteiger partial charge is 0.420 e. The Kier molecular flexibility index (Phi) is 8.03. The van der Waals surface area contributed by atoms with E-state index in [9.17, 15) is 19.5 Å². The first kappa shape index (κ1) is 21.7. The number of rotatable bonds is 5. The van der Waals surface area contributed by atoms with E-state index in [4.69, 9.17) is 9.47 Å². The van der Waals surface area contributed by atoms with E-state index in [1.165, 1.54) is 0 Å². The topological polar surface area (TPSA) is 93.1 Å². The molecule has 0 spiro atoms. The second-order valence-corrected chi connectivity index (χ2v) is 7.81. The second-order valence-electron chi connectivity index (χ2n) is 7.02. The first-order valence-corrected chi connectivity index (χ1v) is 8.44. The van der Waals surface area contributed by atoms with Gasteiger partial charge in [-0.1, -0.05) is 15.9 Å². The number of aliphatic carboxylic acids is 1. The molecule has 0 bridgehead atoms. The quantitative estimate of drug-likeness (QED) is 0.711. The summed E-state index contributed by atoms with van der Waals surface area (Å²) in [5.74, 6) is -1.29. The minimum Gasteiger partial charge on any atom is -0.480 e. The van der Waals surface area contributed by atoms with E-state index in [1.54, 1.807) is 41.5 Å². The van der Waals surface area contributed by atoms with Gasteiger partial charge < -0.3 is 14.6 Å². The largest absolute Gasteiger partial charge is 0.480 e. The van der Waals surface area contributed by atoms with Gasteiger partial charge >= 0.3 is 18.2 Å². The lowest BCUT2D eigenvalue weighted by molar-refractivity contribution is -0.143. The van der Waals surface area contributed by atoms with Crippen LogP contribution in [0.2, 0.25) is 0 Å². The molecule has 0 aliphatic heterocycles.